The third-order valence-electron chi connectivity index (χ3n) is 7.53. The van der Waals surface area contributed by atoms with Crippen molar-refractivity contribution in [3.63, 3.8) is 0 Å². The van der Waals surface area contributed by atoms with E-state index in [2.05, 4.69) is 15.0 Å². The summed E-state index contributed by atoms with van der Waals surface area (Å²) >= 11 is 0. The largest absolute Gasteiger partial charge is 0.327 e. The zero-order valence-electron chi connectivity index (χ0n) is 19.1. The molecule has 2 aromatic rings. The highest BCUT2D eigenvalue weighted by Crippen LogP contribution is 2.31. The highest BCUT2D eigenvalue weighted by atomic mass is 16.2. The quantitative estimate of drug-likeness (QED) is 0.793. The van der Waals surface area contributed by atoms with Crippen LogP contribution in [0.3, 0.4) is 0 Å². The number of nitrogens with one attached hydrogen (secondary N) is 1. The first-order valence-corrected chi connectivity index (χ1v) is 12.2. The number of rotatable bonds is 4. The Bertz CT molecular complexity index is 1020. The van der Waals surface area contributed by atoms with E-state index >= 15 is 0 Å². The molecule has 1 unspecified atom stereocenters. The number of piperidine rings is 1. The Morgan fingerprint density at radius 2 is 1.94 bits per heavy atom. The molecule has 0 spiro atoms. The Kier molecular flexibility index (Phi) is 6.13. The molecule has 0 bridgehead atoms. The van der Waals surface area contributed by atoms with Crippen molar-refractivity contribution < 1.29 is 4.79 Å². The second-order valence-corrected chi connectivity index (χ2v) is 9.72. The van der Waals surface area contributed by atoms with Gasteiger partial charge in [-0.1, -0.05) is 19.3 Å². The minimum Gasteiger partial charge on any atom is -0.327 e. The maximum absolute atomic E-state index is 13.2. The molecule has 1 atom stereocenters. The van der Waals surface area contributed by atoms with E-state index in [9.17, 15) is 9.59 Å². The minimum absolute atomic E-state index is 0.0307. The molecule has 1 aliphatic carbocycles. The summed E-state index contributed by atoms with van der Waals surface area (Å²) < 4.78 is 1.61. The van der Waals surface area contributed by atoms with Crippen LogP contribution in [0.5, 0.6) is 0 Å². The van der Waals surface area contributed by atoms with E-state index in [1.54, 1.807) is 24.0 Å². The summed E-state index contributed by atoms with van der Waals surface area (Å²) in [6.45, 7) is 3.42. The van der Waals surface area contributed by atoms with Crippen molar-refractivity contribution in [2.45, 2.75) is 70.4 Å². The van der Waals surface area contributed by atoms with E-state index in [-0.39, 0.29) is 17.5 Å². The first kappa shape index (κ1) is 21.4. The molecule has 2 aliphatic heterocycles. The number of aryl methyl sites for hydroxylation is 1. The van der Waals surface area contributed by atoms with Crippen molar-refractivity contribution in [3.05, 3.63) is 45.4 Å². The van der Waals surface area contributed by atoms with E-state index in [0.717, 1.165) is 55.9 Å². The lowest BCUT2D eigenvalue weighted by atomic mass is 9.88. The van der Waals surface area contributed by atoms with Crippen molar-refractivity contribution in [2.24, 2.45) is 13.0 Å². The number of fused-ring (bicyclic) bond motifs is 1. The number of H-pyrrole nitrogens is 1. The van der Waals surface area contributed by atoms with Gasteiger partial charge in [0.25, 0.3) is 11.5 Å². The molecule has 1 N–H and O–H groups in total. The van der Waals surface area contributed by atoms with Gasteiger partial charge in [-0.25, -0.2) is 4.98 Å². The number of nitrogens with zero attached hydrogens (tertiary/aromatic N) is 5. The van der Waals surface area contributed by atoms with Crippen molar-refractivity contribution in [2.75, 3.05) is 19.6 Å². The number of carbonyl (C=O) groups excluding carboxylic acids is 1. The van der Waals surface area contributed by atoms with E-state index in [1.807, 2.05) is 4.90 Å². The molecule has 5 rings (SSSR count). The van der Waals surface area contributed by atoms with Crippen LogP contribution in [-0.4, -0.2) is 55.1 Å². The summed E-state index contributed by atoms with van der Waals surface area (Å²) in [7, 11) is 1.78. The van der Waals surface area contributed by atoms with E-state index < -0.39 is 0 Å². The molecule has 8 nitrogen and oxygen atoms in total. The number of likely N-dealkylation sites (tertiary alicyclic amines) is 1. The van der Waals surface area contributed by atoms with Crippen molar-refractivity contribution in [1.82, 2.24) is 29.5 Å². The molecule has 2 aromatic heterocycles. The van der Waals surface area contributed by atoms with Gasteiger partial charge in [-0.05, 0) is 44.1 Å². The SMILES string of the molecule is Cn1nccc1C(=O)N1CCCCC1c1nc2c(c(=O)[nH]1)CN(CC1CCCCC1)CC2. The van der Waals surface area contributed by atoms with E-state index in [0.29, 0.717) is 24.6 Å². The van der Waals surface area contributed by atoms with Gasteiger partial charge in [-0.2, -0.15) is 5.10 Å². The van der Waals surface area contributed by atoms with Crippen molar-refractivity contribution in [1.29, 1.82) is 0 Å². The fraction of sp³-hybridized carbons (Fsp3) is 0.667. The molecule has 2 fully saturated rings. The number of carbonyl (C=O) groups is 1. The van der Waals surface area contributed by atoms with Crippen LogP contribution in [0, 0.1) is 5.92 Å². The molecule has 1 saturated heterocycles. The molecule has 4 heterocycles. The summed E-state index contributed by atoms with van der Waals surface area (Å²) in [5, 5.41) is 4.14. The predicted molar refractivity (Wildman–Crippen MR) is 121 cm³/mol. The Hall–Kier alpha value is -2.48. The molecule has 3 aliphatic rings. The summed E-state index contributed by atoms with van der Waals surface area (Å²) in [4.78, 5) is 38.6. The standard InChI is InChI=1S/C24H34N6O2/c1-28-21(10-12-25-28)24(32)30-13-6-5-9-20(30)22-26-19-11-14-29(16-18(19)23(31)27-22)15-17-7-3-2-4-8-17/h10,12,17,20H,2-9,11,13-16H2,1H3,(H,26,27,31). The lowest BCUT2D eigenvalue weighted by molar-refractivity contribution is 0.0587. The number of aromatic amines is 1. The highest BCUT2D eigenvalue weighted by molar-refractivity contribution is 5.92. The van der Waals surface area contributed by atoms with Gasteiger partial charge >= 0.3 is 0 Å². The normalized spacial score (nSPS) is 22.7. The van der Waals surface area contributed by atoms with Gasteiger partial charge < -0.3 is 9.88 Å². The lowest BCUT2D eigenvalue weighted by Crippen LogP contribution is -2.42. The maximum Gasteiger partial charge on any atom is 0.272 e. The van der Waals surface area contributed by atoms with Gasteiger partial charge in [0.15, 0.2) is 0 Å². The average Bonchev–Trinajstić information content (AvgIpc) is 3.25. The van der Waals surface area contributed by atoms with E-state index in [4.69, 9.17) is 4.98 Å². The number of hydrogen-bond acceptors (Lipinski definition) is 5. The molecule has 32 heavy (non-hydrogen) atoms. The average molecular weight is 439 g/mol. The lowest BCUT2D eigenvalue weighted by Gasteiger charge is -2.36. The zero-order chi connectivity index (χ0) is 22.1. The second kappa shape index (κ2) is 9.17. The summed E-state index contributed by atoms with van der Waals surface area (Å²) in [6, 6.07) is 1.56. The second-order valence-electron chi connectivity index (χ2n) is 9.72. The van der Waals surface area contributed by atoms with Crippen LogP contribution >= 0.6 is 0 Å². The van der Waals surface area contributed by atoms with Crippen LogP contribution in [0.4, 0.5) is 0 Å². The molecule has 172 valence electrons. The fourth-order valence-corrected chi connectivity index (χ4v) is 5.74. The third-order valence-corrected chi connectivity index (χ3v) is 7.53. The molecule has 0 radical (unpaired) electrons. The molecular formula is C24H34N6O2. The van der Waals surface area contributed by atoms with Gasteiger partial charge in [-0.3, -0.25) is 19.2 Å². The summed E-state index contributed by atoms with van der Waals surface area (Å²) in [6.07, 6.45) is 11.9. The molecule has 1 amide bonds. The predicted octanol–water partition coefficient (Wildman–Crippen LogP) is 2.81. The molecule has 0 aromatic carbocycles. The van der Waals surface area contributed by atoms with Crippen molar-refractivity contribution in [3.8, 4) is 0 Å². The van der Waals surface area contributed by atoms with Gasteiger partial charge in [-0.15, -0.1) is 0 Å². The smallest absolute Gasteiger partial charge is 0.272 e. The van der Waals surface area contributed by atoms with Gasteiger partial charge in [0.05, 0.1) is 17.3 Å². The van der Waals surface area contributed by atoms with Gasteiger partial charge in [0.2, 0.25) is 0 Å². The van der Waals surface area contributed by atoms with Crippen LogP contribution in [0.2, 0.25) is 0 Å². The Morgan fingerprint density at radius 1 is 1.12 bits per heavy atom. The third kappa shape index (κ3) is 4.25. The van der Waals surface area contributed by atoms with Crippen molar-refractivity contribution >= 4 is 5.91 Å². The maximum atomic E-state index is 13.2. The van der Waals surface area contributed by atoms with Crippen LogP contribution in [-0.2, 0) is 20.0 Å². The van der Waals surface area contributed by atoms with Gasteiger partial charge in [0, 0.05) is 45.8 Å². The van der Waals surface area contributed by atoms with Crippen LogP contribution in [0.25, 0.3) is 0 Å². The topological polar surface area (TPSA) is 87.1 Å². The van der Waals surface area contributed by atoms with Gasteiger partial charge in [0.1, 0.15) is 11.5 Å². The summed E-state index contributed by atoms with van der Waals surface area (Å²) in [5.41, 5.74) is 2.27. The minimum atomic E-state index is -0.190. The van der Waals surface area contributed by atoms with Crippen LogP contribution < -0.4 is 5.56 Å². The Morgan fingerprint density at radius 3 is 2.72 bits per heavy atom. The fourth-order valence-electron chi connectivity index (χ4n) is 5.74. The Labute approximate surface area is 189 Å². The number of amides is 1. The zero-order valence-corrected chi connectivity index (χ0v) is 19.1. The van der Waals surface area contributed by atoms with Crippen LogP contribution in [0.15, 0.2) is 17.1 Å². The highest BCUT2D eigenvalue weighted by Gasteiger charge is 2.33. The first-order chi connectivity index (χ1) is 15.6. The van der Waals surface area contributed by atoms with Crippen LogP contribution in [0.1, 0.15) is 85.0 Å². The number of aromatic nitrogens is 4. The summed E-state index contributed by atoms with van der Waals surface area (Å²) in [5.74, 6) is 1.36. The first-order valence-electron chi connectivity index (χ1n) is 12.2. The molecule has 8 heteroatoms. The number of hydrogen-bond donors (Lipinski definition) is 1. The van der Waals surface area contributed by atoms with E-state index in [1.165, 1.54) is 32.1 Å². The Balaban J connectivity index is 1.35. The monoisotopic (exact) mass is 438 g/mol. The molecular weight excluding hydrogens is 404 g/mol. The molecule has 1 saturated carbocycles.